The maximum Gasteiger partial charge on any atom is 0.306 e. The van der Waals surface area contributed by atoms with Gasteiger partial charge in [0.2, 0.25) is 0 Å². The molecule has 16 heavy (non-hydrogen) atoms. The number of carbonyl (C=O) groups is 2. The Bertz CT molecular complexity index is 393. The third kappa shape index (κ3) is 3.45. The van der Waals surface area contributed by atoms with Gasteiger partial charge in [0.1, 0.15) is 0 Å². The first-order valence-electron chi connectivity index (χ1n) is 5.30. The molecule has 0 fully saturated rings. The Morgan fingerprint density at radius 3 is 2.50 bits per heavy atom. The number of rotatable bonds is 5. The Morgan fingerprint density at radius 1 is 1.31 bits per heavy atom. The predicted octanol–water partition coefficient (Wildman–Crippen LogP) is 2.89. The van der Waals surface area contributed by atoms with Crippen molar-refractivity contribution >= 4 is 23.1 Å². The minimum absolute atomic E-state index is 0.0231. The molecule has 0 bridgehead atoms. The standard InChI is InChI=1S/C12H16O3S/c1-4-15-12(14)6-5-11(13)10-7-8(2)16-9(10)3/h7H,4-6H2,1-3H3. The highest BCUT2D eigenvalue weighted by Gasteiger charge is 2.13. The molecule has 0 amide bonds. The average Bonchev–Trinajstić information content (AvgIpc) is 2.55. The van der Waals surface area contributed by atoms with Gasteiger partial charge in [-0.1, -0.05) is 0 Å². The van der Waals surface area contributed by atoms with Crippen LogP contribution in [0.1, 0.15) is 39.9 Å². The Labute approximate surface area is 99.4 Å². The van der Waals surface area contributed by atoms with E-state index in [-0.39, 0.29) is 24.6 Å². The fourth-order valence-corrected chi connectivity index (χ4v) is 2.43. The molecule has 0 spiro atoms. The number of ketones is 1. The maximum absolute atomic E-state index is 11.8. The van der Waals surface area contributed by atoms with E-state index in [0.717, 1.165) is 15.3 Å². The average molecular weight is 240 g/mol. The van der Waals surface area contributed by atoms with Gasteiger partial charge in [0.05, 0.1) is 13.0 Å². The molecule has 0 saturated carbocycles. The van der Waals surface area contributed by atoms with E-state index in [1.165, 1.54) is 0 Å². The third-order valence-corrected chi connectivity index (χ3v) is 3.17. The van der Waals surface area contributed by atoms with Crippen molar-refractivity contribution in [3.63, 3.8) is 0 Å². The van der Waals surface area contributed by atoms with Crippen molar-refractivity contribution in [2.45, 2.75) is 33.6 Å². The lowest BCUT2D eigenvalue weighted by atomic mass is 10.1. The molecule has 0 radical (unpaired) electrons. The predicted molar refractivity (Wildman–Crippen MR) is 64.0 cm³/mol. The van der Waals surface area contributed by atoms with Crippen LogP contribution in [0.15, 0.2) is 6.07 Å². The summed E-state index contributed by atoms with van der Waals surface area (Å²) in [6.07, 6.45) is 0.400. The summed E-state index contributed by atoms with van der Waals surface area (Å²) < 4.78 is 4.78. The van der Waals surface area contributed by atoms with Crippen LogP contribution < -0.4 is 0 Å². The van der Waals surface area contributed by atoms with Gasteiger partial charge in [0.15, 0.2) is 5.78 Å². The lowest BCUT2D eigenvalue weighted by molar-refractivity contribution is -0.143. The van der Waals surface area contributed by atoms with Crippen molar-refractivity contribution in [1.29, 1.82) is 0 Å². The maximum atomic E-state index is 11.8. The summed E-state index contributed by atoms with van der Waals surface area (Å²) in [5, 5.41) is 0. The van der Waals surface area contributed by atoms with Gasteiger partial charge >= 0.3 is 5.97 Å². The van der Waals surface area contributed by atoms with Crippen LogP contribution in [-0.2, 0) is 9.53 Å². The van der Waals surface area contributed by atoms with E-state index in [1.807, 2.05) is 19.9 Å². The van der Waals surface area contributed by atoms with E-state index in [1.54, 1.807) is 18.3 Å². The van der Waals surface area contributed by atoms with Crippen molar-refractivity contribution in [2.24, 2.45) is 0 Å². The Balaban J connectivity index is 2.53. The highest BCUT2D eigenvalue weighted by molar-refractivity contribution is 7.12. The van der Waals surface area contributed by atoms with Crippen molar-refractivity contribution in [3.8, 4) is 0 Å². The van der Waals surface area contributed by atoms with Crippen molar-refractivity contribution in [3.05, 3.63) is 21.4 Å². The zero-order valence-electron chi connectivity index (χ0n) is 9.83. The zero-order valence-corrected chi connectivity index (χ0v) is 10.6. The van der Waals surface area contributed by atoms with E-state index < -0.39 is 0 Å². The van der Waals surface area contributed by atoms with E-state index in [9.17, 15) is 9.59 Å². The molecule has 0 saturated heterocycles. The summed E-state index contributed by atoms with van der Waals surface area (Å²) in [6, 6.07) is 1.88. The second-order valence-electron chi connectivity index (χ2n) is 3.56. The number of esters is 1. The summed E-state index contributed by atoms with van der Waals surface area (Å²) in [5.41, 5.74) is 0.742. The second kappa shape index (κ2) is 5.80. The van der Waals surface area contributed by atoms with Gasteiger partial charge in [-0.2, -0.15) is 0 Å². The molecule has 0 atom stereocenters. The van der Waals surface area contributed by atoms with Crippen molar-refractivity contribution in [2.75, 3.05) is 6.61 Å². The number of aryl methyl sites for hydroxylation is 2. The number of thiophene rings is 1. The highest BCUT2D eigenvalue weighted by atomic mass is 32.1. The Morgan fingerprint density at radius 2 is 2.00 bits per heavy atom. The number of Topliss-reactive ketones (excluding diaryl/α,β-unsaturated/α-hetero) is 1. The van der Waals surface area contributed by atoms with E-state index in [4.69, 9.17) is 4.74 Å². The van der Waals surface area contributed by atoms with E-state index in [0.29, 0.717) is 6.61 Å². The molecule has 88 valence electrons. The number of hydrogen-bond donors (Lipinski definition) is 0. The fraction of sp³-hybridized carbons (Fsp3) is 0.500. The van der Waals surface area contributed by atoms with Crippen LogP contribution >= 0.6 is 11.3 Å². The largest absolute Gasteiger partial charge is 0.466 e. The molecule has 1 aromatic heterocycles. The van der Waals surface area contributed by atoms with E-state index >= 15 is 0 Å². The summed E-state index contributed by atoms with van der Waals surface area (Å²) >= 11 is 1.61. The molecule has 1 rings (SSSR count). The molecule has 0 aliphatic rings. The Hall–Kier alpha value is -1.16. The first-order chi connectivity index (χ1) is 7.54. The normalized spacial score (nSPS) is 10.2. The van der Waals surface area contributed by atoms with Crippen LogP contribution in [0, 0.1) is 13.8 Å². The summed E-state index contributed by atoms with van der Waals surface area (Å²) in [7, 11) is 0. The topological polar surface area (TPSA) is 43.4 Å². The molecule has 0 unspecified atom stereocenters. The fourth-order valence-electron chi connectivity index (χ4n) is 1.49. The smallest absolute Gasteiger partial charge is 0.306 e. The monoisotopic (exact) mass is 240 g/mol. The van der Waals surface area contributed by atoms with Gasteiger partial charge in [-0.3, -0.25) is 9.59 Å². The minimum atomic E-state index is -0.305. The summed E-state index contributed by atoms with van der Waals surface area (Å²) in [5.74, 6) is -0.282. The lowest BCUT2D eigenvalue weighted by Gasteiger charge is -2.01. The molecule has 0 aromatic carbocycles. The van der Waals surface area contributed by atoms with Crippen LogP contribution in [-0.4, -0.2) is 18.4 Å². The molecular formula is C12H16O3S. The molecule has 1 aromatic rings. The van der Waals surface area contributed by atoms with E-state index in [2.05, 4.69) is 0 Å². The lowest BCUT2D eigenvalue weighted by Crippen LogP contribution is -2.08. The molecular weight excluding hydrogens is 224 g/mol. The molecule has 3 nitrogen and oxygen atoms in total. The molecule has 4 heteroatoms. The third-order valence-electron chi connectivity index (χ3n) is 2.20. The quantitative estimate of drug-likeness (QED) is 0.587. The number of hydrogen-bond acceptors (Lipinski definition) is 4. The van der Waals surface area contributed by atoms with Gasteiger partial charge in [0, 0.05) is 21.7 Å². The summed E-state index contributed by atoms with van der Waals surface area (Å²) in [4.78, 5) is 25.0. The summed E-state index contributed by atoms with van der Waals surface area (Å²) in [6.45, 7) is 6.02. The highest BCUT2D eigenvalue weighted by Crippen LogP contribution is 2.22. The SMILES string of the molecule is CCOC(=O)CCC(=O)c1cc(C)sc1C. The Kier molecular flexibility index (Phi) is 4.68. The number of ether oxygens (including phenoxy) is 1. The van der Waals surface area contributed by atoms with Gasteiger partial charge in [0.25, 0.3) is 0 Å². The van der Waals surface area contributed by atoms with Gasteiger partial charge in [-0.25, -0.2) is 0 Å². The number of carbonyl (C=O) groups excluding carboxylic acids is 2. The van der Waals surface area contributed by atoms with Gasteiger partial charge in [-0.05, 0) is 26.8 Å². The zero-order chi connectivity index (χ0) is 12.1. The van der Waals surface area contributed by atoms with Gasteiger partial charge in [-0.15, -0.1) is 11.3 Å². The van der Waals surface area contributed by atoms with Crippen molar-refractivity contribution in [1.82, 2.24) is 0 Å². The van der Waals surface area contributed by atoms with Crippen LogP contribution in [0.25, 0.3) is 0 Å². The van der Waals surface area contributed by atoms with Crippen LogP contribution in [0.4, 0.5) is 0 Å². The first kappa shape index (κ1) is 12.9. The molecule has 0 aliphatic carbocycles. The molecule has 0 N–H and O–H groups in total. The minimum Gasteiger partial charge on any atom is -0.466 e. The van der Waals surface area contributed by atoms with Crippen LogP contribution in [0.3, 0.4) is 0 Å². The molecule has 0 aliphatic heterocycles. The molecule has 1 heterocycles. The van der Waals surface area contributed by atoms with Crippen LogP contribution in [0.5, 0.6) is 0 Å². The first-order valence-corrected chi connectivity index (χ1v) is 6.12. The van der Waals surface area contributed by atoms with Crippen molar-refractivity contribution < 1.29 is 14.3 Å². The second-order valence-corrected chi connectivity index (χ2v) is 5.02. The van der Waals surface area contributed by atoms with Crippen LogP contribution in [0.2, 0.25) is 0 Å². The van der Waals surface area contributed by atoms with Gasteiger partial charge < -0.3 is 4.74 Å².